The molecule has 0 N–H and O–H groups in total. The maximum atomic E-state index is 5.79. The third kappa shape index (κ3) is 4.48. The van der Waals surface area contributed by atoms with Gasteiger partial charge in [0.05, 0.1) is 12.1 Å². The van der Waals surface area contributed by atoms with Crippen LogP contribution in [0.5, 0.6) is 0 Å². The van der Waals surface area contributed by atoms with Gasteiger partial charge < -0.3 is 14.5 Å². The van der Waals surface area contributed by atoms with Crippen molar-refractivity contribution in [3.05, 3.63) is 82.4 Å². The number of rotatable bonds is 7. The largest absolute Gasteiger partial charge is 0.388 e. The Morgan fingerprint density at radius 2 is 1.85 bits per heavy atom. The van der Waals surface area contributed by atoms with Crippen molar-refractivity contribution in [3.63, 3.8) is 0 Å². The van der Waals surface area contributed by atoms with E-state index in [0.717, 1.165) is 22.6 Å². The summed E-state index contributed by atoms with van der Waals surface area (Å²) in [4.78, 5) is 9.01. The molecule has 4 nitrogen and oxygen atoms in total. The van der Waals surface area contributed by atoms with Gasteiger partial charge in [-0.2, -0.15) is 0 Å². The standard InChI is InChI=1S/C21H24N2O2S/c1-16(17-9-5-4-6-10-17)25-22-13-18-11-7-8-12-19(18)21(24-3)20-14-23(2)15-26-20/h4-14,16,21H,15H2,1-3H3. The number of nitrogens with zero attached hydrogens (tertiary/aromatic N) is 2. The lowest BCUT2D eigenvalue weighted by atomic mass is 10.0. The summed E-state index contributed by atoms with van der Waals surface area (Å²) in [5.41, 5.74) is 3.18. The molecule has 0 radical (unpaired) electrons. The Morgan fingerprint density at radius 1 is 1.12 bits per heavy atom. The molecule has 2 unspecified atom stereocenters. The van der Waals surface area contributed by atoms with Gasteiger partial charge >= 0.3 is 0 Å². The molecule has 1 aliphatic heterocycles. The molecule has 0 saturated heterocycles. The number of methoxy groups -OCH3 is 1. The molecule has 0 amide bonds. The van der Waals surface area contributed by atoms with Gasteiger partial charge in [0, 0.05) is 30.8 Å². The SMILES string of the molecule is COC(C1=CN(C)CS1)c1ccccc1C=NOC(C)c1ccccc1. The Labute approximate surface area is 159 Å². The highest BCUT2D eigenvalue weighted by Gasteiger charge is 2.23. The second-order valence-electron chi connectivity index (χ2n) is 6.20. The Morgan fingerprint density at radius 3 is 2.54 bits per heavy atom. The second-order valence-corrected chi connectivity index (χ2v) is 7.22. The van der Waals surface area contributed by atoms with Gasteiger partial charge in [0.2, 0.25) is 0 Å². The molecular formula is C21H24N2O2S. The van der Waals surface area contributed by atoms with E-state index >= 15 is 0 Å². The Bertz CT molecular complexity index is 777. The zero-order valence-corrected chi connectivity index (χ0v) is 16.1. The first-order valence-electron chi connectivity index (χ1n) is 8.59. The quantitative estimate of drug-likeness (QED) is 0.511. The van der Waals surface area contributed by atoms with Gasteiger partial charge in [-0.3, -0.25) is 0 Å². The van der Waals surface area contributed by atoms with Crippen molar-refractivity contribution in [1.82, 2.24) is 4.90 Å². The third-order valence-corrected chi connectivity index (χ3v) is 5.42. The first-order valence-corrected chi connectivity index (χ1v) is 9.58. The predicted octanol–water partition coefficient (Wildman–Crippen LogP) is 4.96. The highest BCUT2D eigenvalue weighted by Crippen LogP contribution is 2.38. The molecule has 2 aromatic carbocycles. The minimum Gasteiger partial charge on any atom is -0.388 e. The molecule has 3 rings (SSSR count). The van der Waals surface area contributed by atoms with E-state index in [0.29, 0.717) is 0 Å². The molecule has 1 aliphatic rings. The molecule has 0 bridgehead atoms. The van der Waals surface area contributed by atoms with E-state index in [9.17, 15) is 0 Å². The zero-order chi connectivity index (χ0) is 18.4. The molecule has 2 atom stereocenters. The first kappa shape index (κ1) is 18.5. The van der Waals surface area contributed by atoms with Gasteiger partial charge in [-0.25, -0.2) is 0 Å². The molecule has 5 heteroatoms. The number of ether oxygens (including phenoxy) is 1. The van der Waals surface area contributed by atoms with E-state index in [1.165, 1.54) is 4.91 Å². The molecule has 0 saturated carbocycles. The summed E-state index contributed by atoms with van der Waals surface area (Å²) >= 11 is 1.80. The number of oxime groups is 1. The van der Waals surface area contributed by atoms with Crippen LogP contribution in [0.2, 0.25) is 0 Å². The first-order chi connectivity index (χ1) is 12.7. The predicted molar refractivity (Wildman–Crippen MR) is 108 cm³/mol. The van der Waals surface area contributed by atoms with E-state index < -0.39 is 0 Å². The van der Waals surface area contributed by atoms with Crippen molar-refractivity contribution < 1.29 is 9.57 Å². The van der Waals surface area contributed by atoms with Gasteiger partial charge in [0.25, 0.3) is 0 Å². The van der Waals surface area contributed by atoms with Crippen molar-refractivity contribution >= 4 is 18.0 Å². The van der Waals surface area contributed by atoms with Gasteiger partial charge in [-0.05, 0) is 18.1 Å². The van der Waals surface area contributed by atoms with Crippen LogP contribution >= 0.6 is 11.8 Å². The summed E-state index contributed by atoms with van der Waals surface area (Å²) in [5, 5.41) is 4.22. The van der Waals surface area contributed by atoms with Crippen molar-refractivity contribution in [3.8, 4) is 0 Å². The summed E-state index contributed by atoms with van der Waals surface area (Å²) in [6.45, 7) is 1.99. The summed E-state index contributed by atoms with van der Waals surface area (Å²) in [6, 6.07) is 18.2. The molecular weight excluding hydrogens is 344 g/mol. The van der Waals surface area contributed by atoms with Crippen molar-refractivity contribution in [2.24, 2.45) is 5.16 Å². The number of thioether (sulfide) groups is 1. The summed E-state index contributed by atoms with van der Waals surface area (Å²) < 4.78 is 5.79. The molecule has 0 fully saturated rings. The molecule has 0 aliphatic carbocycles. The topological polar surface area (TPSA) is 34.1 Å². The lowest BCUT2D eigenvalue weighted by molar-refractivity contribution is 0.0736. The molecule has 0 aromatic heterocycles. The van der Waals surface area contributed by atoms with Gasteiger partial charge in [-0.15, -0.1) is 11.8 Å². The van der Waals surface area contributed by atoms with E-state index in [-0.39, 0.29) is 12.2 Å². The minimum atomic E-state index is -0.0980. The lowest BCUT2D eigenvalue weighted by Gasteiger charge is -2.18. The van der Waals surface area contributed by atoms with Crippen molar-refractivity contribution in [2.45, 2.75) is 19.1 Å². The maximum Gasteiger partial charge on any atom is 0.149 e. The van der Waals surface area contributed by atoms with Gasteiger partial charge in [-0.1, -0.05) is 59.8 Å². The number of hydrogen-bond acceptors (Lipinski definition) is 5. The van der Waals surface area contributed by atoms with Crippen LogP contribution in [-0.2, 0) is 9.57 Å². The Balaban J connectivity index is 1.75. The Kier molecular flexibility index (Phi) is 6.36. The average molecular weight is 369 g/mol. The zero-order valence-electron chi connectivity index (χ0n) is 15.3. The molecule has 0 spiro atoms. The monoisotopic (exact) mass is 368 g/mol. The van der Waals surface area contributed by atoms with E-state index in [1.54, 1.807) is 25.1 Å². The second kappa shape index (κ2) is 8.92. The molecule has 1 heterocycles. The summed E-state index contributed by atoms with van der Waals surface area (Å²) in [6.07, 6.45) is 3.71. The fourth-order valence-electron chi connectivity index (χ4n) is 2.84. The lowest BCUT2D eigenvalue weighted by Crippen LogP contribution is -2.06. The van der Waals surface area contributed by atoms with E-state index in [1.807, 2.05) is 55.5 Å². The fraction of sp³-hybridized carbons (Fsp3) is 0.286. The van der Waals surface area contributed by atoms with Crippen LogP contribution < -0.4 is 0 Å². The van der Waals surface area contributed by atoms with Crippen molar-refractivity contribution in [1.29, 1.82) is 0 Å². The number of benzene rings is 2. The van der Waals surface area contributed by atoms with Gasteiger partial charge in [0.1, 0.15) is 12.2 Å². The third-order valence-electron chi connectivity index (χ3n) is 4.23. The average Bonchev–Trinajstić information content (AvgIpc) is 3.10. The van der Waals surface area contributed by atoms with Crippen LogP contribution in [-0.4, -0.2) is 31.1 Å². The summed E-state index contributed by atoms with van der Waals surface area (Å²) in [5.74, 6) is 0.948. The van der Waals surface area contributed by atoms with E-state index in [2.05, 4.69) is 29.4 Å². The fourth-order valence-corrected chi connectivity index (χ4v) is 3.89. The highest BCUT2D eigenvalue weighted by atomic mass is 32.2. The van der Waals surface area contributed by atoms with Gasteiger partial charge in [0.15, 0.2) is 0 Å². The summed E-state index contributed by atoms with van der Waals surface area (Å²) in [7, 11) is 3.81. The number of hydrogen-bond donors (Lipinski definition) is 0. The van der Waals surface area contributed by atoms with Crippen LogP contribution in [0.4, 0.5) is 0 Å². The normalized spacial score (nSPS) is 16.6. The minimum absolute atomic E-state index is 0.0976. The van der Waals surface area contributed by atoms with Crippen molar-refractivity contribution in [2.75, 3.05) is 20.0 Å². The molecule has 26 heavy (non-hydrogen) atoms. The van der Waals surface area contributed by atoms with Crippen LogP contribution in [0.25, 0.3) is 0 Å². The smallest absolute Gasteiger partial charge is 0.149 e. The highest BCUT2D eigenvalue weighted by molar-refractivity contribution is 8.03. The maximum absolute atomic E-state index is 5.79. The molecule has 2 aromatic rings. The van der Waals surface area contributed by atoms with E-state index in [4.69, 9.17) is 9.57 Å². The molecule has 136 valence electrons. The van der Waals surface area contributed by atoms with Crippen LogP contribution in [0, 0.1) is 0 Å². The van der Waals surface area contributed by atoms with Crippen LogP contribution in [0.1, 0.15) is 35.8 Å². The van der Waals surface area contributed by atoms with Crippen LogP contribution in [0.15, 0.2) is 70.9 Å². The Hall–Kier alpha value is -2.24. The van der Waals surface area contributed by atoms with Crippen LogP contribution in [0.3, 0.4) is 0 Å².